The zero-order valence-corrected chi connectivity index (χ0v) is 19.6. The molecule has 0 atom stereocenters. The van der Waals surface area contributed by atoms with Crippen molar-refractivity contribution in [1.29, 1.82) is 0 Å². The van der Waals surface area contributed by atoms with Gasteiger partial charge in [-0.25, -0.2) is 9.48 Å². The number of amides is 2. The number of aryl methyl sites for hydroxylation is 1. The van der Waals surface area contributed by atoms with Crippen LogP contribution in [0.2, 0.25) is 0 Å². The van der Waals surface area contributed by atoms with Gasteiger partial charge >= 0.3 is 6.03 Å². The first-order valence-corrected chi connectivity index (χ1v) is 11.5. The van der Waals surface area contributed by atoms with Crippen molar-refractivity contribution in [1.82, 2.24) is 9.78 Å². The highest BCUT2D eigenvalue weighted by atomic mass is 16.5. The number of urea groups is 1. The van der Waals surface area contributed by atoms with Gasteiger partial charge in [-0.05, 0) is 68.3 Å². The number of carbonyl (C=O) groups is 1. The van der Waals surface area contributed by atoms with E-state index in [1.165, 1.54) is 5.56 Å². The third-order valence-electron chi connectivity index (χ3n) is 6.23. The van der Waals surface area contributed by atoms with E-state index in [2.05, 4.69) is 43.5 Å². The fourth-order valence-electron chi connectivity index (χ4n) is 4.29. The fourth-order valence-corrected chi connectivity index (χ4v) is 4.29. The second-order valence-electron chi connectivity index (χ2n) is 9.33. The molecule has 1 heterocycles. The highest BCUT2D eigenvalue weighted by Gasteiger charge is 2.36. The van der Waals surface area contributed by atoms with Crippen molar-refractivity contribution in [3.05, 3.63) is 95.7 Å². The Bertz CT molecular complexity index is 1310. The number of hydrogen-bond donors (Lipinski definition) is 2. The number of rotatable bonds is 5. The number of benzene rings is 3. The van der Waals surface area contributed by atoms with Crippen LogP contribution in [0.5, 0.6) is 11.5 Å². The number of ether oxygens (including phenoxy) is 1. The molecule has 3 aromatic carbocycles. The normalized spacial score (nSPS) is 13.9. The van der Waals surface area contributed by atoms with Gasteiger partial charge in [0.2, 0.25) is 0 Å². The van der Waals surface area contributed by atoms with E-state index in [1.54, 1.807) is 0 Å². The van der Waals surface area contributed by atoms with E-state index in [4.69, 9.17) is 9.84 Å². The number of anilines is 2. The van der Waals surface area contributed by atoms with E-state index in [1.807, 2.05) is 71.4 Å². The Balaban J connectivity index is 1.35. The maximum absolute atomic E-state index is 13.0. The molecule has 172 valence electrons. The number of nitrogens with one attached hydrogen (secondary N) is 2. The summed E-state index contributed by atoms with van der Waals surface area (Å²) in [5.74, 6) is 2.20. The summed E-state index contributed by atoms with van der Waals surface area (Å²) in [4.78, 5) is 13.0. The molecule has 0 bridgehead atoms. The van der Waals surface area contributed by atoms with Gasteiger partial charge in [0.05, 0.1) is 11.4 Å². The molecule has 1 aliphatic carbocycles. The van der Waals surface area contributed by atoms with Gasteiger partial charge in [0, 0.05) is 16.7 Å². The van der Waals surface area contributed by atoms with Crippen LogP contribution in [0.3, 0.4) is 0 Å². The van der Waals surface area contributed by atoms with Crippen LogP contribution in [0.15, 0.2) is 78.9 Å². The Morgan fingerprint density at radius 2 is 1.59 bits per heavy atom. The quantitative estimate of drug-likeness (QED) is 0.348. The molecule has 1 aromatic heterocycles. The van der Waals surface area contributed by atoms with Gasteiger partial charge in [-0.3, -0.25) is 5.32 Å². The Kier molecular flexibility index (Phi) is 5.57. The lowest BCUT2D eigenvalue weighted by Crippen LogP contribution is -2.22. The minimum atomic E-state index is -0.308. The smallest absolute Gasteiger partial charge is 0.324 e. The number of fused-ring (bicyclic) bond motifs is 1. The Labute approximate surface area is 199 Å². The highest BCUT2D eigenvalue weighted by molar-refractivity contribution is 6.00. The average Bonchev–Trinajstić information content (AvgIpc) is 3.33. The molecule has 2 amide bonds. The summed E-state index contributed by atoms with van der Waals surface area (Å²) in [7, 11) is 0. The first-order chi connectivity index (χ1) is 16.4. The van der Waals surface area contributed by atoms with Gasteiger partial charge < -0.3 is 10.1 Å². The third kappa shape index (κ3) is 4.39. The molecule has 6 nitrogen and oxygen atoms in total. The average molecular weight is 453 g/mol. The van der Waals surface area contributed by atoms with Crippen molar-refractivity contribution in [2.75, 3.05) is 10.6 Å². The molecule has 0 saturated heterocycles. The third-order valence-corrected chi connectivity index (χ3v) is 6.23. The van der Waals surface area contributed by atoms with E-state index in [-0.39, 0.29) is 11.4 Å². The molecular weight excluding hydrogens is 424 g/mol. The Morgan fingerprint density at radius 1 is 0.912 bits per heavy atom. The molecule has 2 N–H and O–H groups in total. The lowest BCUT2D eigenvalue weighted by Gasteiger charge is -2.16. The summed E-state index contributed by atoms with van der Waals surface area (Å²) in [6, 6.07) is 24.8. The van der Waals surface area contributed by atoms with Crippen LogP contribution in [0.25, 0.3) is 5.69 Å². The molecule has 0 saturated carbocycles. The van der Waals surface area contributed by atoms with Gasteiger partial charge in [0.15, 0.2) is 0 Å². The van der Waals surface area contributed by atoms with E-state index >= 15 is 0 Å². The van der Waals surface area contributed by atoms with Crippen LogP contribution in [0, 0.1) is 6.92 Å². The number of nitrogens with zero attached hydrogens (tertiary/aromatic N) is 2. The van der Waals surface area contributed by atoms with E-state index in [0.717, 1.165) is 41.4 Å². The lowest BCUT2D eigenvalue weighted by molar-refractivity contribution is 0.262. The molecule has 34 heavy (non-hydrogen) atoms. The van der Waals surface area contributed by atoms with E-state index in [9.17, 15) is 4.79 Å². The van der Waals surface area contributed by atoms with Crippen LogP contribution >= 0.6 is 0 Å². The molecule has 0 unspecified atom stereocenters. The van der Waals surface area contributed by atoms with E-state index < -0.39 is 0 Å². The Hall–Kier alpha value is -4.06. The monoisotopic (exact) mass is 452 g/mol. The molecular formula is C28H28N4O2. The molecule has 5 rings (SSSR count). The summed E-state index contributed by atoms with van der Waals surface area (Å²) in [6.45, 7) is 6.46. The van der Waals surface area contributed by atoms with Crippen molar-refractivity contribution in [3.8, 4) is 17.2 Å². The topological polar surface area (TPSA) is 68.2 Å². The van der Waals surface area contributed by atoms with Gasteiger partial charge in [-0.2, -0.15) is 5.10 Å². The number of aromatic nitrogens is 2. The molecule has 0 spiro atoms. The standard InChI is InChI=1S/C28H28N4O2/c1-19-9-13-21(14-10-19)32-26(24-17-18-28(2,3)25(24)31-32)30-27(33)29-20-11-15-23(16-12-20)34-22-7-5-4-6-8-22/h4-16H,17-18H2,1-3H3,(H2,29,30,33). The van der Waals surface area contributed by atoms with Crippen molar-refractivity contribution in [2.24, 2.45) is 0 Å². The van der Waals surface area contributed by atoms with Crippen LogP contribution < -0.4 is 15.4 Å². The minimum absolute atomic E-state index is 0.0211. The number of para-hydroxylation sites is 1. The fraction of sp³-hybridized carbons (Fsp3) is 0.214. The molecule has 4 aromatic rings. The van der Waals surface area contributed by atoms with Crippen molar-refractivity contribution >= 4 is 17.5 Å². The van der Waals surface area contributed by atoms with Gasteiger partial charge in [0.1, 0.15) is 17.3 Å². The summed E-state index contributed by atoms with van der Waals surface area (Å²) in [5, 5.41) is 10.9. The maximum Gasteiger partial charge on any atom is 0.324 e. The van der Waals surface area contributed by atoms with Crippen molar-refractivity contribution < 1.29 is 9.53 Å². The summed E-state index contributed by atoms with van der Waals surface area (Å²) >= 11 is 0. The maximum atomic E-state index is 13.0. The number of carbonyl (C=O) groups excluding carboxylic acids is 1. The summed E-state index contributed by atoms with van der Waals surface area (Å²) in [5.41, 5.74) is 4.91. The zero-order valence-electron chi connectivity index (χ0n) is 19.6. The second-order valence-corrected chi connectivity index (χ2v) is 9.33. The SMILES string of the molecule is Cc1ccc(-n2nc3c(c2NC(=O)Nc2ccc(Oc4ccccc4)cc2)CCC3(C)C)cc1. The zero-order chi connectivity index (χ0) is 23.7. The molecule has 0 aliphatic heterocycles. The Morgan fingerprint density at radius 3 is 2.29 bits per heavy atom. The van der Waals surface area contributed by atoms with Crippen molar-refractivity contribution in [2.45, 2.75) is 39.0 Å². The summed E-state index contributed by atoms with van der Waals surface area (Å²) < 4.78 is 7.68. The molecule has 0 radical (unpaired) electrons. The van der Waals surface area contributed by atoms with Crippen LogP contribution in [-0.2, 0) is 11.8 Å². The van der Waals surface area contributed by atoms with Gasteiger partial charge in [0.25, 0.3) is 0 Å². The van der Waals surface area contributed by atoms with Crippen LogP contribution in [0.1, 0.15) is 37.1 Å². The molecule has 6 heteroatoms. The first-order valence-electron chi connectivity index (χ1n) is 11.5. The molecule has 1 aliphatic rings. The van der Waals surface area contributed by atoms with Gasteiger partial charge in [-0.1, -0.05) is 49.7 Å². The summed E-state index contributed by atoms with van der Waals surface area (Å²) in [6.07, 6.45) is 1.90. The second kappa shape index (κ2) is 8.71. The highest BCUT2D eigenvalue weighted by Crippen LogP contribution is 2.42. The van der Waals surface area contributed by atoms with Crippen molar-refractivity contribution in [3.63, 3.8) is 0 Å². The van der Waals surface area contributed by atoms with Crippen LogP contribution in [0.4, 0.5) is 16.3 Å². The predicted octanol–water partition coefficient (Wildman–Crippen LogP) is 6.84. The minimum Gasteiger partial charge on any atom is -0.457 e. The largest absolute Gasteiger partial charge is 0.457 e. The number of hydrogen-bond acceptors (Lipinski definition) is 3. The molecule has 0 fully saturated rings. The van der Waals surface area contributed by atoms with E-state index in [0.29, 0.717) is 11.4 Å². The first kappa shape index (κ1) is 21.8. The van der Waals surface area contributed by atoms with Crippen LogP contribution in [-0.4, -0.2) is 15.8 Å². The lowest BCUT2D eigenvalue weighted by atomic mass is 9.91. The predicted molar refractivity (Wildman–Crippen MR) is 135 cm³/mol. The van der Waals surface area contributed by atoms with Gasteiger partial charge in [-0.15, -0.1) is 0 Å².